The number of nitrogens with zero attached hydrogens (tertiary/aromatic N) is 3. The molecule has 1 heterocycles. The molecule has 134 valence electrons. The number of rotatable bonds is 9. The summed E-state index contributed by atoms with van der Waals surface area (Å²) in [4.78, 5) is 19.8. The molecule has 0 spiro atoms. The van der Waals surface area contributed by atoms with E-state index in [-0.39, 0.29) is 0 Å². The molecule has 2 fully saturated rings. The molecule has 23 heavy (non-hydrogen) atoms. The van der Waals surface area contributed by atoms with Crippen LogP contribution in [-0.2, 0) is 4.79 Å². The minimum atomic E-state index is 0.348. The van der Waals surface area contributed by atoms with Gasteiger partial charge in [0.2, 0.25) is 5.91 Å². The van der Waals surface area contributed by atoms with Crippen molar-refractivity contribution in [3.8, 4) is 0 Å². The third kappa shape index (κ3) is 6.07. The van der Waals surface area contributed by atoms with Gasteiger partial charge < -0.3 is 4.90 Å². The van der Waals surface area contributed by atoms with Crippen LogP contribution in [0.5, 0.6) is 0 Å². The molecule has 0 atom stereocenters. The molecule has 0 N–H and O–H groups in total. The molecule has 1 saturated heterocycles. The highest BCUT2D eigenvalue weighted by Gasteiger charge is 2.27. The average Bonchev–Trinajstić information content (AvgIpc) is 3.10. The van der Waals surface area contributed by atoms with Crippen molar-refractivity contribution in [2.24, 2.45) is 0 Å². The van der Waals surface area contributed by atoms with Crippen LogP contribution in [-0.4, -0.2) is 72.5 Å². The Labute approximate surface area is 143 Å². The fourth-order valence-corrected chi connectivity index (χ4v) is 3.91. The fourth-order valence-electron chi connectivity index (χ4n) is 3.91. The molecule has 0 aromatic rings. The van der Waals surface area contributed by atoms with E-state index >= 15 is 0 Å². The SMILES string of the molecule is CCCCN(CCCC)C(=O)CN1CCN(C2CCCC2)CC1. The van der Waals surface area contributed by atoms with E-state index < -0.39 is 0 Å². The van der Waals surface area contributed by atoms with E-state index in [1.807, 2.05) is 0 Å². The summed E-state index contributed by atoms with van der Waals surface area (Å²) in [6.45, 7) is 11.4. The first-order chi connectivity index (χ1) is 11.2. The zero-order valence-corrected chi connectivity index (χ0v) is 15.4. The molecular formula is C19H37N3O. The molecule has 1 amide bonds. The number of hydrogen-bond acceptors (Lipinski definition) is 3. The lowest BCUT2D eigenvalue weighted by Gasteiger charge is -2.38. The Morgan fingerprint density at radius 2 is 1.52 bits per heavy atom. The zero-order chi connectivity index (χ0) is 16.5. The van der Waals surface area contributed by atoms with Gasteiger partial charge in [0.25, 0.3) is 0 Å². The number of carbonyl (C=O) groups excluding carboxylic acids is 1. The smallest absolute Gasteiger partial charge is 0.236 e. The molecule has 0 aromatic heterocycles. The summed E-state index contributed by atoms with van der Waals surface area (Å²) in [7, 11) is 0. The molecule has 1 aliphatic heterocycles. The molecule has 2 rings (SSSR count). The van der Waals surface area contributed by atoms with Crippen LogP contribution in [0.25, 0.3) is 0 Å². The Hall–Kier alpha value is -0.610. The van der Waals surface area contributed by atoms with Crippen LogP contribution in [0.15, 0.2) is 0 Å². The topological polar surface area (TPSA) is 26.8 Å². The third-order valence-corrected chi connectivity index (χ3v) is 5.52. The maximum atomic E-state index is 12.6. The summed E-state index contributed by atoms with van der Waals surface area (Å²) >= 11 is 0. The average molecular weight is 324 g/mol. The van der Waals surface area contributed by atoms with Crippen LogP contribution in [0.4, 0.5) is 0 Å². The zero-order valence-electron chi connectivity index (χ0n) is 15.4. The summed E-state index contributed by atoms with van der Waals surface area (Å²) in [5.74, 6) is 0.348. The second-order valence-corrected chi connectivity index (χ2v) is 7.34. The van der Waals surface area contributed by atoms with Gasteiger partial charge in [0.15, 0.2) is 0 Å². The number of unbranched alkanes of at least 4 members (excludes halogenated alkanes) is 2. The first-order valence-corrected chi connectivity index (χ1v) is 9.98. The quantitative estimate of drug-likeness (QED) is 0.653. The second-order valence-electron chi connectivity index (χ2n) is 7.34. The highest BCUT2D eigenvalue weighted by Crippen LogP contribution is 2.24. The Morgan fingerprint density at radius 3 is 2.04 bits per heavy atom. The molecule has 4 nitrogen and oxygen atoms in total. The standard InChI is InChI=1S/C19H37N3O/c1-3-5-11-22(12-6-4-2)19(23)17-20-13-15-21(16-14-20)18-9-7-8-10-18/h18H,3-17H2,1-2H3. The normalized spacial score (nSPS) is 21.0. The van der Waals surface area contributed by atoms with E-state index in [2.05, 4.69) is 28.5 Å². The van der Waals surface area contributed by atoms with Crippen molar-refractivity contribution in [3.05, 3.63) is 0 Å². The van der Waals surface area contributed by atoms with Gasteiger partial charge in [0, 0.05) is 45.3 Å². The lowest BCUT2D eigenvalue weighted by molar-refractivity contribution is -0.133. The predicted molar refractivity (Wildman–Crippen MR) is 96.7 cm³/mol. The van der Waals surface area contributed by atoms with E-state index in [0.29, 0.717) is 12.5 Å². The molecule has 1 aliphatic carbocycles. The first-order valence-electron chi connectivity index (χ1n) is 9.98. The monoisotopic (exact) mass is 323 g/mol. The van der Waals surface area contributed by atoms with Crippen molar-refractivity contribution in [3.63, 3.8) is 0 Å². The fraction of sp³-hybridized carbons (Fsp3) is 0.947. The molecule has 0 radical (unpaired) electrons. The van der Waals surface area contributed by atoms with Crippen molar-refractivity contribution >= 4 is 5.91 Å². The summed E-state index contributed by atoms with van der Waals surface area (Å²) in [5.41, 5.74) is 0. The highest BCUT2D eigenvalue weighted by atomic mass is 16.2. The van der Waals surface area contributed by atoms with Crippen LogP contribution in [0.3, 0.4) is 0 Å². The van der Waals surface area contributed by atoms with Gasteiger partial charge in [-0.3, -0.25) is 14.6 Å². The largest absolute Gasteiger partial charge is 0.342 e. The Kier molecular flexibility index (Phi) is 8.38. The molecule has 4 heteroatoms. The van der Waals surface area contributed by atoms with E-state index in [4.69, 9.17) is 0 Å². The van der Waals surface area contributed by atoms with E-state index in [0.717, 1.165) is 71.0 Å². The summed E-state index contributed by atoms with van der Waals surface area (Å²) in [5, 5.41) is 0. The Bertz CT molecular complexity index is 326. The number of hydrogen-bond donors (Lipinski definition) is 0. The third-order valence-electron chi connectivity index (χ3n) is 5.52. The van der Waals surface area contributed by atoms with Gasteiger partial charge in [0.05, 0.1) is 6.54 Å². The highest BCUT2D eigenvalue weighted by molar-refractivity contribution is 5.78. The molecule has 1 saturated carbocycles. The van der Waals surface area contributed by atoms with Crippen molar-refractivity contribution in [2.45, 2.75) is 71.3 Å². The second kappa shape index (κ2) is 10.3. The van der Waals surface area contributed by atoms with Crippen LogP contribution in [0.1, 0.15) is 65.2 Å². The van der Waals surface area contributed by atoms with E-state index in [1.165, 1.54) is 25.7 Å². The van der Waals surface area contributed by atoms with Gasteiger partial charge in [0.1, 0.15) is 0 Å². The number of carbonyl (C=O) groups is 1. The minimum absolute atomic E-state index is 0.348. The van der Waals surface area contributed by atoms with Gasteiger partial charge in [-0.1, -0.05) is 39.5 Å². The van der Waals surface area contributed by atoms with Gasteiger partial charge in [-0.2, -0.15) is 0 Å². The lowest BCUT2D eigenvalue weighted by Crippen LogP contribution is -2.52. The van der Waals surface area contributed by atoms with Gasteiger partial charge in [-0.15, -0.1) is 0 Å². The van der Waals surface area contributed by atoms with E-state index in [9.17, 15) is 4.79 Å². The lowest BCUT2D eigenvalue weighted by atomic mass is 10.2. The van der Waals surface area contributed by atoms with Crippen LogP contribution >= 0.6 is 0 Å². The van der Waals surface area contributed by atoms with E-state index in [1.54, 1.807) is 0 Å². The molecule has 0 unspecified atom stereocenters. The van der Waals surface area contributed by atoms with Gasteiger partial charge >= 0.3 is 0 Å². The molecule has 0 bridgehead atoms. The van der Waals surface area contributed by atoms with Gasteiger partial charge in [-0.05, 0) is 25.7 Å². The Morgan fingerprint density at radius 1 is 0.957 bits per heavy atom. The summed E-state index contributed by atoms with van der Waals surface area (Å²) < 4.78 is 0. The summed E-state index contributed by atoms with van der Waals surface area (Å²) in [6, 6.07) is 0.832. The van der Waals surface area contributed by atoms with Gasteiger partial charge in [-0.25, -0.2) is 0 Å². The predicted octanol–water partition coefficient (Wildman–Crippen LogP) is 2.98. The van der Waals surface area contributed by atoms with Crippen LogP contribution < -0.4 is 0 Å². The van der Waals surface area contributed by atoms with Crippen LogP contribution in [0, 0.1) is 0 Å². The molecular weight excluding hydrogens is 286 g/mol. The minimum Gasteiger partial charge on any atom is -0.342 e. The Balaban J connectivity index is 1.72. The maximum Gasteiger partial charge on any atom is 0.236 e. The van der Waals surface area contributed by atoms with Crippen LogP contribution in [0.2, 0.25) is 0 Å². The maximum absolute atomic E-state index is 12.6. The van der Waals surface area contributed by atoms with Crippen molar-refractivity contribution in [1.29, 1.82) is 0 Å². The number of piperazine rings is 1. The van der Waals surface area contributed by atoms with Crippen molar-refractivity contribution in [1.82, 2.24) is 14.7 Å². The van der Waals surface area contributed by atoms with Crippen molar-refractivity contribution < 1.29 is 4.79 Å². The molecule has 0 aromatic carbocycles. The number of amides is 1. The molecule has 2 aliphatic rings. The summed E-state index contributed by atoms with van der Waals surface area (Å²) in [6.07, 6.45) is 10.2. The first kappa shape index (κ1) is 18.7. The van der Waals surface area contributed by atoms with Crippen molar-refractivity contribution in [2.75, 3.05) is 45.8 Å².